The molecule has 1 atom stereocenters. The summed E-state index contributed by atoms with van der Waals surface area (Å²) in [5.41, 5.74) is 6.91. The van der Waals surface area contributed by atoms with E-state index in [0.717, 1.165) is 25.9 Å². The van der Waals surface area contributed by atoms with Gasteiger partial charge in [0, 0.05) is 47.7 Å². The maximum Gasteiger partial charge on any atom is 0.416 e. The lowest BCUT2D eigenvalue weighted by Gasteiger charge is -2.30. The minimum absolute atomic E-state index is 0.122. The number of benzene rings is 2. The molecule has 0 saturated carbocycles. The summed E-state index contributed by atoms with van der Waals surface area (Å²) in [5, 5.41) is 0.547. The number of hydrogen-bond donors (Lipinski definition) is 1. The van der Waals surface area contributed by atoms with Gasteiger partial charge in [-0.3, -0.25) is 4.79 Å². The SMILES string of the molecule is CN1CCCC(n2cc(-c3ccc4c(c3F)CCN4C(=O)Cc3cc(C(F)(F)F)ccc3F)c3c(N)ncnc32)C1. The molecule has 4 aromatic rings. The third kappa shape index (κ3) is 4.79. The number of nitrogens with zero attached hydrogens (tertiary/aromatic N) is 5. The maximum absolute atomic E-state index is 16.1. The molecule has 6 rings (SSSR count). The first-order chi connectivity index (χ1) is 19.5. The summed E-state index contributed by atoms with van der Waals surface area (Å²) in [6.07, 6.45) is 0.139. The van der Waals surface area contributed by atoms with Crippen molar-refractivity contribution in [3.8, 4) is 11.1 Å². The second kappa shape index (κ2) is 10.1. The smallest absolute Gasteiger partial charge is 0.383 e. The van der Waals surface area contributed by atoms with Gasteiger partial charge >= 0.3 is 6.18 Å². The van der Waals surface area contributed by atoms with Gasteiger partial charge in [0.25, 0.3) is 0 Å². The van der Waals surface area contributed by atoms with Crippen molar-refractivity contribution in [2.75, 3.05) is 37.3 Å². The lowest BCUT2D eigenvalue weighted by atomic mass is 10.0. The first kappa shape index (κ1) is 27.1. The molecule has 41 heavy (non-hydrogen) atoms. The molecule has 214 valence electrons. The molecule has 1 saturated heterocycles. The predicted octanol–water partition coefficient (Wildman–Crippen LogP) is 5.38. The van der Waals surface area contributed by atoms with Crippen LogP contribution in [0.25, 0.3) is 22.2 Å². The summed E-state index contributed by atoms with van der Waals surface area (Å²) in [6, 6.07) is 5.27. The van der Waals surface area contributed by atoms with Crippen LogP contribution in [0.15, 0.2) is 42.9 Å². The lowest BCUT2D eigenvalue weighted by molar-refractivity contribution is -0.137. The van der Waals surface area contributed by atoms with Crippen LogP contribution in [0.3, 0.4) is 0 Å². The Morgan fingerprint density at radius 1 is 1.10 bits per heavy atom. The second-order valence-electron chi connectivity index (χ2n) is 10.7. The molecule has 1 fully saturated rings. The highest BCUT2D eigenvalue weighted by molar-refractivity contribution is 6.02. The van der Waals surface area contributed by atoms with Gasteiger partial charge in [-0.05, 0) is 68.8 Å². The normalized spacial score (nSPS) is 17.8. The van der Waals surface area contributed by atoms with Gasteiger partial charge in [0.1, 0.15) is 29.4 Å². The number of likely N-dealkylation sites (N-methyl/N-ethyl adjacent to an activating group) is 1. The Hall–Kier alpha value is -4.06. The van der Waals surface area contributed by atoms with Crippen molar-refractivity contribution < 1.29 is 26.7 Å². The van der Waals surface area contributed by atoms with Crippen LogP contribution in [-0.2, 0) is 23.8 Å². The number of anilines is 2. The van der Waals surface area contributed by atoms with E-state index in [1.165, 1.54) is 11.2 Å². The third-order valence-corrected chi connectivity index (χ3v) is 8.03. The van der Waals surface area contributed by atoms with Gasteiger partial charge in [0.15, 0.2) is 0 Å². The minimum atomic E-state index is -4.67. The molecule has 2 N–H and O–H groups in total. The standard InChI is InChI=1S/C29H27F5N6O/c1-38-9-2-3-18(13-38)40-14-21(25-27(35)36-15-37-28(25)40)19-5-7-23-20(26(19)31)8-10-39(23)24(41)12-16-11-17(29(32,33)34)4-6-22(16)30/h4-7,11,14-15,18H,2-3,8-10,12-13H2,1H3,(H2,35,36,37). The summed E-state index contributed by atoms with van der Waals surface area (Å²) < 4.78 is 71.8. The van der Waals surface area contributed by atoms with E-state index in [9.17, 15) is 22.4 Å². The Morgan fingerprint density at radius 3 is 2.66 bits per heavy atom. The van der Waals surface area contributed by atoms with E-state index in [1.807, 2.05) is 10.8 Å². The summed E-state index contributed by atoms with van der Waals surface area (Å²) in [4.78, 5) is 25.2. The molecule has 2 aliphatic heterocycles. The van der Waals surface area contributed by atoms with Gasteiger partial charge in [-0.2, -0.15) is 13.2 Å². The number of nitrogen functional groups attached to an aromatic ring is 1. The fourth-order valence-electron chi connectivity index (χ4n) is 6.01. The summed E-state index contributed by atoms with van der Waals surface area (Å²) in [6.45, 7) is 1.93. The van der Waals surface area contributed by atoms with E-state index in [-0.39, 0.29) is 36.0 Å². The van der Waals surface area contributed by atoms with Crippen molar-refractivity contribution >= 4 is 28.4 Å². The zero-order valence-corrected chi connectivity index (χ0v) is 22.2. The number of hydrogen-bond acceptors (Lipinski definition) is 5. The molecule has 0 aliphatic carbocycles. The molecular formula is C29H27F5N6O. The molecule has 2 aromatic heterocycles. The van der Waals surface area contributed by atoms with Gasteiger partial charge < -0.3 is 20.1 Å². The number of halogens is 5. The van der Waals surface area contributed by atoms with Crippen LogP contribution in [-0.4, -0.2) is 52.0 Å². The van der Waals surface area contributed by atoms with E-state index < -0.39 is 35.7 Å². The molecule has 4 heterocycles. The van der Waals surface area contributed by atoms with Gasteiger partial charge in [0.2, 0.25) is 5.91 Å². The van der Waals surface area contributed by atoms with Crippen molar-refractivity contribution in [2.24, 2.45) is 0 Å². The molecule has 7 nitrogen and oxygen atoms in total. The number of carbonyl (C=O) groups is 1. The molecule has 12 heteroatoms. The van der Waals surface area contributed by atoms with Crippen molar-refractivity contribution in [3.05, 3.63) is 71.2 Å². The molecular weight excluding hydrogens is 543 g/mol. The number of piperidine rings is 1. The average Bonchev–Trinajstić information content (AvgIpc) is 3.53. The number of fused-ring (bicyclic) bond motifs is 2. The number of likely N-dealkylation sites (tertiary alicyclic amines) is 1. The highest BCUT2D eigenvalue weighted by Gasteiger charge is 2.33. The topological polar surface area (TPSA) is 80.3 Å². The van der Waals surface area contributed by atoms with Crippen LogP contribution in [0.5, 0.6) is 0 Å². The molecule has 2 aliphatic rings. The minimum Gasteiger partial charge on any atom is -0.383 e. The fraction of sp³-hybridized carbons (Fsp3) is 0.345. The molecule has 1 unspecified atom stereocenters. The largest absolute Gasteiger partial charge is 0.416 e. The molecule has 0 spiro atoms. The second-order valence-corrected chi connectivity index (χ2v) is 10.7. The van der Waals surface area contributed by atoms with Crippen LogP contribution in [0.4, 0.5) is 33.5 Å². The average molecular weight is 571 g/mol. The number of rotatable bonds is 4. The Kier molecular flexibility index (Phi) is 6.68. The first-order valence-electron chi connectivity index (χ1n) is 13.3. The van der Waals surface area contributed by atoms with Crippen LogP contribution < -0.4 is 10.6 Å². The summed E-state index contributed by atoms with van der Waals surface area (Å²) >= 11 is 0. The van der Waals surface area contributed by atoms with E-state index in [2.05, 4.69) is 21.9 Å². The van der Waals surface area contributed by atoms with E-state index in [4.69, 9.17) is 5.73 Å². The summed E-state index contributed by atoms with van der Waals surface area (Å²) in [5.74, 6) is -1.82. The number of aromatic nitrogens is 3. The first-order valence-corrected chi connectivity index (χ1v) is 13.3. The van der Waals surface area contributed by atoms with Crippen molar-refractivity contribution in [1.82, 2.24) is 19.4 Å². The van der Waals surface area contributed by atoms with Crippen molar-refractivity contribution in [1.29, 1.82) is 0 Å². The van der Waals surface area contributed by atoms with Crippen molar-refractivity contribution in [3.63, 3.8) is 0 Å². The molecule has 0 radical (unpaired) electrons. The Labute approximate surface area is 232 Å². The number of alkyl halides is 3. The lowest BCUT2D eigenvalue weighted by Crippen LogP contribution is -2.33. The van der Waals surface area contributed by atoms with Crippen LogP contribution >= 0.6 is 0 Å². The summed E-state index contributed by atoms with van der Waals surface area (Å²) in [7, 11) is 2.05. The van der Waals surface area contributed by atoms with Crippen LogP contribution in [0.1, 0.15) is 35.6 Å². The van der Waals surface area contributed by atoms with Gasteiger partial charge in [0.05, 0.1) is 17.4 Å². The van der Waals surface area contributed by atoms with E-state index in [0.29, 0.717) is 46.0 Å². The van der Waals surface area contributed by atoms with Gasteiger partial charge in [-0.25, -0.2) is 18.7 Å². The Bertz CT molecular complexity index is 1670. The predicted molar refractivity (Wildman–Crippen MR) is 144 cm³/mol. The molecule has 0 bridgehead atoms. The fourth-order valence-corrected chi connectivity index (χ4v) is 6.01. The maximum atomic E-state index is 16.1. The third-order valence-electron chi connectivity index (χ3n) is 8.03. The monoisotopic (exact) mass is 570 g/mol. The van der Waals surface area contributed by atoms with Crippen molar-refractivity contribution in [2.45, 2.75) is 37.9 Å². The Morgan fingerprint density at radius 2 is 1.90 bits per heavy atom. The molecule has 2 aromatic carbocycles. The number of nitrogens with two attached hydrogens (primary N) is 1. The number of amides is 1. The highest BCUT2D eigenvalue weighted by Crippen LogP contribution is 2.41. The van der Waals surface area contributed by atoms with Crippen LogP contribution in [0.2, 0.25) is 0 Å². The molecule has 1 amide bonds. The van der Waals surface area contributed by atoms with Gasteiger partial charge in [-0.1, -0.05) is 0 Å². The van der Waals surface area contributed by atoms with E-state index >= 15 is 4.39 Å². The Balaban J connectivity index is 1.34. The van der Waals surface area contributed by atoms with E-state index in [1.54, 1.807) is 12.1 Å². The quantitative estimate of drug-likeness (QED) is 0.334. The number of carbonyl (C=O) groups excluding carboxylic acids is 1. The zero-order chi connectivity index (χ0) is 29.1. The van der Waals surface area contributed by atoms with Gasteiger partial charge in [-0.15, -0.1) is 0 Å². The zero-order valence-electron chi connectivity index (χ0n) is 22.2. The van der Waals surface area contributed by atoms with Crippen LogP contribution in [0, 0.1) is 11.6 Å². The highest BCUT2D eigenvalue weighted by atomic mass is 19.4.